The molecule has 1 spiro atoms. The summed E-state index contributed by atoms with van der Waals surface area (Å²) in [5.41, 5.74) is -2.53. The summed E-state index contributed by atoms with van der Waals surface area (Å²) in [6.45, 7) is 5.85. The number of methoxy groups -OCH3 is 1. The van der Waals surface area contributed by atoms with Crippen molar-refractivity contribution in [3.63, 3.8) is 0 Å². The standard InChI is InChI=1S/C20H26O6/c1-10-8-18-9-19(10,24)6-4-11(18)20-7-5-12(21)17(2,16(23)26-20)14(20)13(18)15(22)25-3/h11-14,21,24H,1,4-9H2,2-3H3/t11-,12-,13-,14-,17-,18+,19+,20-/m1/s1. The van der Waals surface area contributed by atoms with E-state index in [1.807, 2.05) is 0 Å². The molecule has 1 saturated heterocycles. The third-order valence-electron chi connectivity index (χ3n) is 8.76. The van der Waals surface area contributed by atoms with Crippen LogP contribution in [0.3, 0.4) is 0 Å². The van der Waals surface area contributed by atoms with Gasteiger partial charge in [-0.15, -0.1) is 0 Å². The quantitative estimate of drug-likeness (QED) is 0.540. The third kappa shape index (κ3) is 1.47. The minimum Gasteiger partial charge on any atom is -0.469 e. The second-order valence-electron chi connectivity index (χ2n) is 9.47. The molecule has 6 heteroatoms. The first-order valence-electron chi connectivity index (χ1n) is 9.56. The number of hydrogen-bond acceptors (Lipinski definition) is 6. The lowest BCUT2D eigenvalue weighted by Crippen LogP contribution is -2.53. The lowest BCUT2D eigenvalue weighted by Gasteiger charge is -2.45. The molecule has 26 heavy (non-hydrogen) atoms. The minimum atomic E-state index is -1.11. The minimum absolute atomic E-state index is 0.0121. The highest BCUT2D eigenvalue weighted by atomic mass is 16.6. The van der Waals surface area contributed by atoms with Gasteiger partial charge in [0.2, 0.25) is 0 Å². The van der Waals surface area contributed by atoms with Gasteiger partial charge in [0.15, 0.2) is 0 Å². The molecule has 8 atom stereocenters. The van der Waals surface area contributed by atoms with E-state index in [1.54, 1.807) is 6.92 Å². The Morgan fingerprint density at radius 3 is 2.77 bits per heavy atom. The maximum absolute atomic E-state index is 13.0. The van der Waals surface area contributed by atoms with Gasteiger partial charge in [0.05, 0.1) is 30.1 Å². The van der Waals surface area contributed by atoms with Crippen molar-refractivity contribution in [2.24, 2.45) is 28.6 Å². The molecular formula is C20H26O6. The first kappa shape index (κ1) is 16.8. The SMILES string of the molecule is C=C1C[C@]23C[C@@]1(O)CC[C@H]2[C@@]12CC[C@@H](O)[C@@](C)(C(=O)O1)[C@H]2[C@@H]3C(=O)OC. The molecule has 6 nitrogen and oxygen atoms in total. The van der Waals surface area contributed by atoms with Crippen LogP contribution in [0.2, 0.25) is 0 Å². The van der Waals surface area contributed by atoms with Crippen LogP contribution in [0.15, 0.2) is 12.2 Å². The number of esters is 2. The van der Waals surface area contributed by atoms with Gasteiger partial charge in [-0.1, -0.05) is 6.58 Å². The van der Waals surface area contributed by atoms with Gasteiger partial charge in [-0.25, -0.2) is 0 Å². The molecule has 4 saturated carbocycles. The Morgan fingerprint density at radius 2 is 2.08 bits per heavy atom. The lowest BCUT2D eigenvalue weighted by atomic mass is 9.59. The first-order chi connectivity index (χ1) is 12.2. The van der Waals surface area contributed by atoms with Gasteiger partial charge in [0.1, 0.15) is 5.60 Å². The molecule has 5 rings (SSSR count). The summed E-state index contributed by atoms with van der Waals surface area (Å²) in [4.78, 5) is 25.9. The normalized spacial score (nSPS) is 56.8. The van der Waals surface area contributed by atoms with Crippen molar-refractivity contribution in [1.29, 1.82) is 0 Å². The number of fused-ring (bicyclic) bond motifs is 1. The van der Waals surface area contributed by atoms with Crippen molar-refractivity contribution < 1.29 is 29.3 Å². The number of aliphatic hydroxyl groups is 2. The number of aliphatic hydroxyl groups excluding tert-OH is 1. The number of rotatable bonds is 1. The van der Waals surface area contributed by atoms with Crippen molar-refractivity contribution in [3.05, 3.63) is 12.2 Å². The predicted octanol–water partition coefficient (Wildman–Crippen LogP) is 1.34. The van der Waals surface area contributed by atoms with Crippen LogP contribution >= 0.6 is 0 Å². The van der Waals surface area contributed by atoms with Gasteiger partial charge in [-0.05, 0) is 56.4 Å². The summed E-state index contributed by atoms with van der Waals surface area (Å²) < 4.78 is 11.2. The molecule has 0 amide bonds. The largest absolute Gasteiger partial charge is 0.469 e. The van der Waals surface area contributed by atoms with Crippen molar-refractivity contribution in [3.8, 4) is 0 Å². The van der Waals surface area contributed by atoms with E-state index in [2.05, 4.69) is 6.58 Å². The zero-order chi connectivity index (χ0) is 18.7. The predicted molar refractivity (Wildman–Crippen MR) is 89.6 cm³/mol. The molecule has 2 N–H and O–H groups in total. The van der Waals surface area contributed by atoms with E-state index >= 15 is 0 Å². The number of carbonyl (C=O) groups is 2. The summed E-state index contributed by atoms with van der Waals surface area (Å²) in [6, 6.07) is 0. The fourth-order valence-corrected chi connectivity index (χ4v) is 7.76. The van der Waals surface area contributed by atoms with Crippen molar-refractivity contribution in [2.75, 3.05) is 7.11 Å². The Morgan fingerprint density at radius 1 is 1.35 bits per heavy atom. The van der Waals surface area contributed by atoms with E-state index < -0.39 is 45.9 Å². The topological polar surface area (TPSA) is 93.1 Å². The molecule has 5 aliphatic rings. The number of ether oxygens (including phenoxy) is 2. The van der Waals surface area contributed by atoms with E-state index in [4.69, 9.17) is 9.47 Å². The fourth-order valence-electron chi connectivity index (χ4n) is 7.76. The van der Waals surface area contributed by atoms with Crippen LogP contribution < -0.4 is 0 Å². The van der Waals surface area contributed by atoms with Crippen LogP contribution in [0.25, 0.3) is 0 Å². The summed E-state index contributed by atoms with van der Waals surface area (Å²) in [6.07, 6.45) is 2.51. The Labute approximate surface area is 152 Å². The van der Waals surface area contributed by atoms with Gasteiger partial charge in [-0.2, -0.15) is 0 Å². The molecule has 5 fully saturated rings. The lowest BCUT2D eigenvalue weighted by molar-refractivity contribution is -0.165. The summed E-state index contributed by atoms with van der Waals surface area (Å²) >= 11 is 0. The highest BCUT2D eigenvalue weighted by molar-refractivity contribution is 5.85. The Kier molecular flexibility index (Phi) is 2.92. The molecule has 0 aromatic carbocycles. The van der Waals surface area contributed by atoms with Crippen LogP contribution in [0.4, 0.5) is 0 Å². The van der Waals surface area contributed by atoms with Crippen LogP contribution in [-0.4, -0.2) is 46.6 Å². The van der Waals surface area contributed by atoms with Gasteiger partial charge in [0, 0.05) is 11.8 Å². The summed E-state index contributed by atoms with van der Waals surface area (Å²) in [5.74, 6) is -1.76. The van der Waals surface area contributed by atoms with E-state index in [-0.39, 0.29) is 11.9 Å². The maximum atomic E-state index is 13.0. The average Bonchev–Trinajstić information content (AvgIpc) is 3.02. The molecule has 0 unspecified atom stereocenters. The molecule has 0 aromatic heterocycles. The second kappa shape index (κ2) is 4.53. The Hall–Kier alpha value is -1.40. The van der Waals surface area contributed by atoms with Crippen molar-refractivity contribution in [1.82, 2.24) is 0 Å². The monoisotopic (exact) mass is 362 g/mol. The van der Waals surface area contributed by atoms with E-state index in [1.165, 1.54) is 7.11 Å². The highest BCUT2D eigenvalue weighted by Gasteiger charge is 2.84. The Balaban J connectivity index is 1.75. The Bertz CT molecular complexity index is 747. The fraction of sp³-hybridized carbons (Fsp3) is 0.800. The van der Waals surface area contributed by atoms with Crippen molar-refractivity contribution in [2.45, 2.75) is 62.8 Å². The summed E-state index contributed by atoms with van der Waals surface area (Å²) in [7, 11) is 1.37. The highest BCUT2D eigenvalue weighted by Crippen LogP contribution is 2.78. The van der Waals surface area contributed by atoms with E-state index in [0.29, 0.717) is 38.5 Å². The zero-order valence-electron chi connectivity index (χ0n) is 15.3. The van der Waals surface area contributed by atoms with Gasteiger partial charge in [0.25, 0.3) is 0 Å². The van der Waals surface area contributed by atoms with E-state index in [9.17, 15) is 19.8 Å². The van der Waals surface area contributed by atoms with Gasteiger partial charge in [-0.3, -0.25) is 9.59 Å². The van der Waals surface area contributed by atoms with Crippen LogP contribution in [0.5, 0.6) is 0 Å². The van der Waals surface area contributed by atoms with Crippen molar-refractivity contribution >= 4 is 11.9 Å². The maximum Gasteiger partial charge on any atom is 0.315 e. The number of carbonyl (C=O) groups excluding carboxylic acids is 2. The molecule has 0 radical (unpaired) electrons. The van der Waals surface area contributed by atoms with E-state index in [0.717, 1.165) is 5.57 Å². The third-order valence-corrected chi connectivity index (χ3v) is 8.76. The molecule has 4 bridgehead atoms. The van der Waals surface area contributed by atoms with Gasteiger partial charge < -0.3 is 19.7 Å². The molecule has 1 heterocycles. The average molecular weight is 362 g/mol. The molecular weight excluding hydrogens is 336 g/mol. The van der Waals surface area contributed by atoms with Crippen LogP contribution in [0, 0.1) is 28.6 Å². The second-order valence-corrected chi connectivity index (χ2v) is 9.47. The number of hydrogen-bond donors (Lipinski definition) is 2. The van der Waals surface area contributed by atoms with Crippen LogP contribution in [-0.2, 0) is 19.1 Å². The first-order valence-corrected chi connectivity index (χ1v) is 9.56. The van der Waals surface area contributed by atoms with Gasteiger partial charge >= 0.3 is 11.9 Å². The smallest absolute Gasteiger partial charge is 0.315 e. The molecule has 4 aliphatic carbocycles. The van der Waals surface area contributed by atoms with Crippen LogP contribution in [0.1, 0.15) is 45.4 Å². The summed E-state index contributed by atoms with van der Waals surface area (Å²) in [5, 5.41) is 21.8. The molecule has 0 aromatic rings. The molecule has 1 aliphatic heterocycles. The zero-order valence-corrected chi connectivity index (χ0v) is 15.3. The molecule has 142 valence electrons.